The van der Waals surface area contributed by atoms with Gasteiger partial charge in [0.15, 0.2) is 5.82 Å². The summed E-state index contributed by atoms with van der Waals surface area (Å²) in [6.07, 6.45) is 3.96. The lowest BCUT2D eigenvalue weighted by atomic mass is 9.97. The topological polar surface area (TPSA) is 155 Å². The molecule has 1 atom stereocenters. The van der Waals surface area contributed by atoms with E-state index in [9.17, 15) is 13.2 Å². The van der Waals surface area contributed by atoms with E-state index < -0.39 is 15.9 Å². The zero-order valence-electron chi connectivity index (χ0n) is 21.9. The van der Waals surface area contributed by atoms with E-state index in [-0.39, 0.29) is 21.8 Å². The minimum absolute atomic E-state index is 0.113. The second-order valence-corrected chi connectivity index (χ2v) is 11.4. The molecule has 0 aromatic carbocycles. The lowest BCUT2D eigenvalue weighted by Gasteiger charge is -2.34. The molecule has 1 fully saturated rings. The Morgan fingerprint density at radius 3 is 2.71 bits per heavy atom. The van der Waals surface area contributed by atoms with Crippen LogP contribution in [0.15, 0.2) is 47.6 Å². The molecule has 13 heteroatoms. The zero-order chi connectivity index (χ0) is 27.5. The molecule has 1 saturated heterocycles. The van der Waals surface area contributed by atoms with Crippen molar-refractivity contribution >= 4 is 27.6 Å². The highest BCUT2D eigenvalue weighted by Gasteiger charge is 2.39. The van der Waals surface area contributed by atoms with Crippen molar-refractivity contribution in [2.45, 2.75) is 44.6 Å². The first-order chi connectivity index (χ1) is 18.0. The molecule has 3 N–H and O–H groups in total. The zero-order valence-corrected chi connectivity index (χ0v) is 22.7. The lowest BCUT2D eigenvalue weighted by Crippen LogP contribution is -2.41. The van der Waals surface area contributed by atoms with Crippen LogP contribution in [-0.4, -0.2) is 66.0 Å². The van der Waals surface area contributed by atoms with E-state index in [0.29, 0.717) is 49.8 Å². The van der Waals surface area contributed by atoms with Crippen LogP contribution in [0.4, 0.5) is 11.6 Å². The summed E-state index contributed by atoms with van der Waals surface area (Å²) in [7, 11) is -4.27. The predicted octanol–water partition coefficient (Wildman–Crippen LogP) is 2.40. The van der Waals surface area contributed by atoms with Crippen molar-refractivity contribution in [1.82, 2.24) is 24.5 Å². The van der Waals surface area contributed by atoms with E-state index in [1.165, 1.54) is 18.3 Å². The van der Waals surface area contributed by atoms with Crippen LogP contribution in [0.25, 0.3) is 5.82 Å². The Labute approximate surface area is 222 Å². The van der Waals surface area contributed by atoms with Gasteiger partial charge in [-0.3, -0.25) is 4.79 Å². The summed E-state index contributed by atoms with van der Waals surface area (Å²) in [5.41, 5.74) is 5.54. The van der Waals surface area contributed by atoms with Crippen molar-refractivity contribution in [2.24, 2.45) is 5.92 Å². The van der Waals surface area contributed by atoms with Crippen LogP contribution < -0.4 is 20.1 Å². The van der Waals surface area contributed by atoms with Gasteiger partial charge in [-0.2, -0.15) is 0 Å². The number of ether oxygens (including phenoxy) is 2. The maximum atomic E-state index is 13.4. The minimum Gasteiger partial charge on any atom is -0.474 e. The second-order valence-electron chi connectivity index (χ2n) is 9.74. The molecule has 1 aliphatic rings. The molecule has 3 aromatic rings. The Hall–Kier alpha value is -3.71. The molecule has 12 nitrogen and oxygen atoms in total. The lowest BCUT2D eigenvalue weighted by molar-refractivity contribution is 0.0981. The van der Waals surface area contributed by atoms with Gasteiger partial charge in [0.2, 0.25) is 5.88 Å². The fourth-order valence-electron chi connectivity index (χ4n) is 4.63. The summed E-state index contributed by atoms with van der Waals surface area (Å²) in [6, 6.07) is 7.58. The number of amides is 1. The summed E-state index contributed by atoms with van der Waals surface area (Å²) in [5.74, 6) is 0.543. The number of aromatic nitrogens is 4. The van der Waals surface area contributed by atoms with Crippen molar-refractivity contribution in [1.29, 1.82) is 0 Å². The molecule has 0 spiro atoms. The normalized spacial score (nSPS) is 16.9. The van der Waals surface area contributed by atoms with Crippen molar-refractivity contribution in [2.75, 3.05) is 37.0 Å². The van der Waals surface area contributed by atoms with Crippen LogP contribution in [0.3, 0.4) is 0 Å². The molecule has 0 bridgehead atoms. The van der Waals surface area contributed by atoms with Crippen molar-refractivity contribution < 1.29 is 22.7 Å². The monoisotopic (exact) mass is 543 g/mol. The number of nitrogens with one attached hydrogen (secondary N) is 1. The van der Waals surface area contributed by atoms with Crippen LogP contribution >= 0.6 is 0 Å². The fraction of sp³-hybridized carbons (Fsp3) is 0.440. The highest BCUT2D eigenvalue weighted by molar-refractivity contribution is 7.90. The van der Waals surface area contributed by atoms with E-state index in [1.54, 1.807) is 29.1 Å². The van der Waals surface area contributed by atoms with Gasteiger partial charge in [-0.1, -0.05) is 6.92 Å². The molecule has 204 valence electrons. The minimum atomic E-state index is -4.27. The standard InChI is InChI=1S/C25H33N7O5S/c1-5-36-13-14-37-21-10-12-32(29-21)20-9-8-18(23(28-20)31-16-17(2)15-25(31,3)4)24(33)30-38(34,35)19-7-6-11-27-22(19)26/h6-12,17H,5,13-16H2,1-4H3,(H2,26,27)(H,30,33)/t17-/m0/s1. The number of carbonyl (C=O) groups excluding carboxylic acids is 1. The summed E-state index contributed by atoms with van der Waals surface area (Å²) in [5, 5.41) is 4.42. The molecule has 1 aliphatic heterocycles. The molecular weight excluding hydrogens is 510 g/mol. The first kappa shape index (κ1) is 27.3. The molecule has 3 aromatic heterocycles. The Morgan fingerprint density at radius 2 is 2.03 bits per heavy atom. The van der Waals surface area contributed by atoms with Gasteiger partial charge in [-0.15, -0.1) is 5.10 Å². The predicted molar refractivity (Wildman–Crippen MR) is 142 cm³/mol. The van der Waals surface area contributed by atoms with Gasteiger partial charge in [0.25, 0.3) is 15.9 Å². The Morgan fingerprint density at radius 1 is 1.24 bits per heavy atom. The third-order valence-corrected chi connectivity index (χ3v) is 7.61. The average molecular weight is 544 g/mol. The number of rotatable bonds is 10. The molecule has 0 saturated carbocycles. The Balaban J connectivity index is 1.68. The van der Waals surface area contributed by atoms with Crippen LogP contribution in [-0.2, 0) is 14.8 Å². The number of hydrogen-bond donors (Lipinski definition) is 2. The SMILES string of the molecule is CCOCCOc1ccn(-c2ccc(C(=O)NS(=O)(=O)c3cccnc3N)c(N3C[C@@H](C)CC3(C)C)n2)n1. The van der Waals surface area contributed by atoms with E-state index in [2.05, 4.69) is 35.6 Å². The third kappa shape index (κ3) is 5.89. The summed E-state index contributed by atoms with van der Waals surface area (Å²) < 4.78 is 40.5. The van der Waals surface area contributed by atoms with Crippen LogP contribution in [0.5, 0.6) is 5.88 Å². The first-order valence-electron chi connectivity index (χ1n) is 12.3. The van der Waals surface area contributed by atoms with E-state index in [4.69, 9.17) is 20.2 Å². The molecule has 4 heterocycles. The van der Waals surface area contributed by atoms with E-state index in [0.717, 1.165) is 6.42 Å². The van der Waals surface area contributed by atoms with Gasteiger partial charge in [0.1, 0.15) is 23.1 Å². The second kappa shape index (κ2) is 11.0. The number of nitrogens with two attached hydrogens (primary N) is 1. The van der Waals surface area contributed by atoms with Crippen molar-refractivity contribution in [3.8, 4) is 11.7 Å². The molecule has 38 heavy (non-hydrogen) atoms. The number of hydrogen-bond acceptors (Lipinski definition) is 10. The third-order valence-electron chi connectivity index (χ3n) is 6.23. The Kier molecular flexibility index (Phi) is 7.88. The summed E-state index contributed by atoms with van der Waals surface area (Å²) in [4.78, 5) is 23.7. The molecular formula is C25H33N7O5S. The molecule has 4 rings (SSSR count). The number of sulfonamides is 1. The van der Waals surface area contributed by atoms with E-state index in [1.807, 2.05) is 11.8 Å². The van der Waals surface area contributed by atoms with Gasteiger partial charge in [-0.25, -0.2) is 27.8 Å². The van der Waals surface area contributed by atoms with Gasteiger partial charge >= 0.3 is 0 Å². The average Bonchev–Trinajstić information content (AvgIpc) is 3.44. The summed E-state index contributed by atoms with van der Waals surface area (Å²) in [6.45, 7) is 10.2. The summed E-state index contributed by atoms with van der Waals surface area (Å²) >= 11 is 0. The first-order valence-corrected chi connectivity index (χ1v) is 13.8. The van der Waals surface area contributed by atoms with Crippen molar-refractivity contribution in [3.63, 3.8) is 0 Å². The molecule has 0 unspecified atom stereocenters. The molecule has 1 amide bonds. The number of nitrogen functional groups attached to an aromatic ring is 1. The number of anilines is 2. The van der Waals surface area contributed by atoms with Gasteiger partial charge in [0.05, 0.1) is 12.2 Å². The quantitative estimate of drug-likeness (QED) is 0.364. The largest absolute Gasteiger partial charge is 0.474 e. The molecule has 0 radical (unpaired) electrons. The number of nitrogens with zero attached hydrogens (tertiary/aromatic N) is 5. The van der Waals surface area contributed by atoms with Crippen LogP contribution in [0.2, 0.25) is 0 Å². The maximum Gasteiger partial charge on any atom is 0.268 e. The van der Waals surface area contributed by atoms with Crippen LogP contribution in [0, 0.1) is 5.92 Å². The highest BCUT2D eigenvalue weighted by atomic mass is 32.2. The maximum absolute atomic E-state index is 13.4. The highest BCUT2D eigenvalue weighted by Crippen LogP contribution is 2.37. The number of pyridine rings is 2. The Bertz CT molecular complexity index is 1410. The molecule has 0 aliphatic carbocycles. The van der Waals surface area contributed by atoms with Gasteiger partial charge < -0.3 is 20.1 Å². The van der Waals surface area contributed by atoms with Crippen LogP contribution in [0.1, 0.15) is 44.5 Å². The van der Waals surface area contributed by atoms with Crippen molar-refractivity contribution in [3.05, 3.63) is 48.3 Å². The van der Waals surface area contributed by atoms with E-state index >= 15 is 0 Å². The van der Waals surface area contributed by atoms with Gasteiger partial charge in [0, 0.05) is 37.2 Å². The van der Waals surface area contributed by atoms with Gasteiger partial charge in [-0.05, 0) is 57.4 Å². The smallest absolute Gasteiger partial charge is 0.268 e. The number of carbonyl (C=O) groups is 1. The fourth-order valence-corrected chi connectivity index (χ4v) is 5.68.